The maximum Gasteiger partial charge on any atom is 0.336 e. The number of carbonyl (C=O) groups is 2. The monoisotopic (exact) mass is 638 g/mol. The maximum atomic E-state index is 12.9. The minimum Gasteiger partial charge on any atom is -0.488 e. The molecule has 1 fully saturated rings. The smallest absolute Gasteiger partial charge is 0.336 e. The summed E-state index contributed by atoms with van der Waals surface area (Å²) in [5, 5.41) is 53.2. The first-order chi connectivity index (χ1) is 20.9. The highest BCUT2D eigenvalue weighted by Crippen LogP contribution is 2.35. The van der Waals surface area contributed by atoms with Crippen molar-refractivity contribution in [2.75, 3.05) is 6.61 Å². The highest BCUT2D eigenvalue weighted by molar-refractivity contribution is 6.01. The summed E-state index contributed by atoms with van der Waals surface area (Å²) in [7, 11) is 0. The fourth-order valence-electron chi connectivity index (χ4n) is 4.72. The minimum atomic E-state index is -2.02. The van der Waals surface area contributed by atoms with Gasteiger partial charge in [-0.1, -0.05) is 0 Å². The molecule has 15 nitrogen and oxygen atoms in total. The Hall–Kier alpha value is -3.57. The van der Waals surface area contributed by atoms with Crippen molar-refractivity contribution < 1.29 is 67.6 Å². The Bertz CT molecular complexity index is 1550. The van der Waals surface area contributed by atoms with Crippen molar-refractivity contribution in [3.05, 3.63) is 40.9 Å². The van der Waals surface area contributed by atoms with Crippen molar-refractivity contribution in [3.8, 4) is 5.75 Å². The number of aliphatic hydroxyl groups is 5. The van der Waals surface area contributed by atoms with Crippen LogP contribution in [0.2, 0.25) is 0 Å². The van der Waals surface area contributed by atoms with E-state index in [1.165, 1.54) is 45.2 Å². The summed E-state index contributed by atoms with van der Waals surface area (Å²) < 4.78 is 37.6. The third-order valence-corrected chi connectivity index (χ3v) is 6.99. The normalized spacial score (nSPS) is 24.4. The Kier molecular flexibility index (Phi) is 10.2. The molecule has 0 saturated carbocycles. The Labute approximate surface area is 256 Å². The lowest BCUT2D eigenvalue weighted by molar-refractivity contribution is -0.346. The van der Waals surface area contributed by atoms with Crippen molar-refractivity contribution in [3.63, 3.8) is 0 Å². The molecule has 5 N–H and O–H groups in total. The number of carbonyl (C=O) groups excluding carboxylic acids is 2. The van der Waals surface area contributed by atoms with Crippen LogP contribution in [0.3, 0.4) is 0 Å². The Balaban J connectivity index is 1.40. The van der Waals surface area contributed by atoms with Crippen LogP contribution in [0, 0.1) is 0 Å². The second-order valence-electron chi connectivity index (χ2n) is 12.0. The Morgan fingerprint density at radius 2 is 1.62 bits per heavy atom. The molecule has 2 aromatic heterocycles. The molecule has 1 saturated heterocycles. The second kappa shape index (κ2) is 13.4. The molecule has 45 heavy (non-hydrogen) atoms. The van der Waals surface area contributed by atoms with Gasteiger partial charge in [0, 0.05) is 12.1 Å². The van der Waals surface area contributed by atoms with Crippen molar-refractivity contribution >= 4 is 33.9 Å². The first kappa shape index (κ1) is 34.3. The number of hydrogen-bond acceptors (Lipinski definition) is 15. The molecular formula is C30H38O15. The third-order valence-electron chi connectivity index (χ3n) is 6.99. The first-order valence-electron chi connectivity index (χ1n) is 14.2. The first-order valence-corrected chi connectivity index (χ1v) is 14.2. The average molecular weight is 639 g/mol. The van der Waals surface area contributed by atoms with E-state index >= 15 is 0 Å². The number of furan rings is 1. The molecule has 248 valence electrons. The maximum absolute atomic E-state index is 12.9. The predicted octanol–water partition coefficient (Wildman–Crippen LogP) is 0.865. The average Bonchev–Trinajstić information content (AvgIpc) is 3.38. The predicted molar refractivity (Wildman–Crippen MR) is 153 cm³/mol. The molecule has 3 heterocycles. The third kappa shape index (κ3) is 8.38. The van der Waals surface area contributed by atoms with E-state index in [4.69, 9.17) is 32.5 Å². The van der Waals surface area contributed by atoms with E-state index in [0.717, 1.165) is 0 Å². The molecule has 0 radical (unpaired) electrons. The van der Waals surface area contributed by atoms with Crippen LogP contribution in [-0.2, 0) is 28.5 Å². The van der Waals surface area contributed by atoms with Crippen molar-refractivity contribution in [1.29, 1.82) is 0 Å². The second-order valence-corrected chi connectivity index (χ2v) is 12.0. The van der Waals surface area contributed by atoms with E-state index < -0.39 is 84.7 Å². The van der Waals surface area contributed by atoms with Gasteiger partial charge < -0.3 is 58.1 Å². The van der Waals surface area contributed by atoms with E-state index in [9.17, 15) is 39.9 Å². The lowest BCUT2D eigenvalue weighted by atomic mass is 9.97. The summed E-state index contributed by atoms with van der Waals surface area (Å²) in [4.78, 5) is 37.3. The largest absolute Gasteiger partial charge is 0.488 e. The molecule has 0 amide bonds. The number of ether oxygens (including phenoxy) is 5. The van der Waals surface area contributed by atoms with Crippen LogP contribution in [0.25, 0.3) is 21.9 Å². The topological polar surface area (TPSA) is 225 Å². The summed E-state index contributed by atoms with van der Waals surface area (Å²) in [6.07, 6.45) is -10.2. The van der Waals surface area contributed by atoms with Gasteiger partial charge in [-0.3, -0.25) is 9.59 Å². The summed E-state index contributed by atoms with van der Waals surface area (Å²) in [6, 6.07) is 5.88. The standard InChI is InChI=1S/C30H38O15/c1-14(2)41-28-24(35)26(23(34)27(36)45-28)44-22(33)12-30(5,38)11-21(32)43-19(29(3,4)37)13-40-25-15-6-7-20(31)42-18(15)10-17-16(25)8-9-39-17/h6-10,14,19,23-24,26-28,34-38H,11-13H2,1-5H3/t19-,23+,24-,26+,27+,28-,30?/m1/s1. The van der Waals surface area contributed by atoms with Crippen molar-refractivity contribution in [2.45, 2.75) is 102 Å². The molecule has 0 aliphatic carbocycles. The van der Waals surface area contributed by atoms with E-state index in [0.29, 0.717) is 16.4 Å². The molecule has 0 bridgehead atoms. The molecule has 1 aromatic carbocycles. The van der Waals surface area contributed by atoms with Crippen molar-refractivity contribution in [1.82, 2.24) is 0 Å². The highest BCUT2D eigenvalue weighted by atomic mass is 16.8. The van der Waals surface area contributed by atoms with Crippen molar-refractivity contribution in [2.24, 2.45) is 0 Å². The van der Waals surface area contributed by atoms with Gasteiger partial charge in [-0.15, -0.1) is 0 Å². The van der Waals surface area contributed by atoms with Gasteiger partial charge in [-0.2, -0.15) is 0 Å². The van der Waals surface area contributed by atoms with Gasteiger partial charge in [0.05, 0.1) is 47.2 Å². The van der Waals surface area contributed by atoms with Gasteiger partial charge in [-0.25, -0.2) is 4.79 Å². The van der Waals surface area contributed by atoms with Gasteiger partial charge in [0.2, 0.25) is 0 Å². The molecule has 4 rings (SSSR count). The number of fused-ring (bicyclic) bond motifs is 2. The van der Waals surface area contributed by atoms with E-state index in [2.05, 4.69) is 0 Å². The molecular weight excluding hydrogens is 600 g/mol. The SMILES string of the molecule is CC(C)O[C@@H]1O[C@H](O)[C@@H](O)[C@H](OC(=O)CC(C)(O)CC(=O)O[C@H](COc2c3ccoc3cc3oc(=O)ccc23)C(C)(C)O)[C@H]1O. The minimum absolute atomic E-state index is 0.193. The lowest BCUT2D eigenvalue weighted by Gasteiger charge is -2.40. The zero-order chi connectivity index (χ0) is 33.3. The molecule has 7 atom stereocenters. The zero-order valence-electron chi connectivity index (χ0n) is 25.4. The molecule has 15 heteroatoms. The van der Waals surface area contributed by atoms with E-state index in [1.54, 1.807) is 19.9 Å². The molecule has 3 aromatic rings. The van der Waals surface area contributed by atoms with Gasteiger partial charge in [0.1, 0.15) is 35.7 Å². The lowest BCUT2D eigenvalue weighted by Crippen LogP contribution is -2.60. The van der Waals surface area contributed by atoms with Gasteiger partial charge in [0.25, 0.3) is 0 Å². The summed E-state index contributed by atoms with van der Waals surface area (Å²) >= 11 is 0. The van der Waals surface area contributed by atoms with Gasteiger partial charge in [-0.05, 0) is 46.8 Å². The van der Waals surface area contributed by atoms with E-state index in [-0.39, 0.29) is 17.9 Å². The molecule has 0 spiro atoms. The number of hydrogen-bond donors (Lipinski definition) is 5. The zero-order valence-corrected chi connectivity index (χ0v) is 25.4. The summed E-state index contributed by atoms with van der Waals surface area (Å²) in [5.74, 6) is -1.85. The molecule has 1 aliphatic heterocycles. The Morgan fingerprint density at radius 1 is 0.956 bits per heavy atom. The fourth-order valence-corrected chi connectivity index (χ4v) is 4.72. The van der Waals surface area contributed by atoms with Crippen LogP contribution < -0.4 is 10.4 Å². The summed E-state index contributed by atoms with van der Waals surface area (Å²) in [5.41, 5.74) is -3.68. The van der Waals surface area contributed by atoms with E-state index in [1.807, 2.05) is 0 Å². The molecule has 1 aliphatic rings. The van der Waals surface area contributed by atoms with Crippen LogP contribution in [0.1, 0.15) is 47.5 Å². The van der Waals surface area contributed by atoms with Crippen LogP contribution >= 0.6 is 0 Å². The van der Waals surface area contributed by atoms with Gasteiger partial charge >= 0.3 is 17.6 Å². The van der Waals surface area contributed by atoms with Crippen LogP contribution in [0.15, 0.2) is 44.2 Å². The Morgan fingerprint density at radius 3 is 2.29 bits per heavy atom. The fraction of sp³-hybridized carbons (Fsp3) is 0.567. The quantitative estimate of drug-likeness (QED) is 0.137. The number of aliphatic hydroxyl groups excluding tert-OH is 3. The number of esters is 2. The van der Waals surface area contributed by atoms with Crippen LogP contribution in [0.4, 0.5) is 0 Å². The highest BCUT2D eigenvalue weighted by Gasteiger charge is 2.48. The number of rotatable bonds is 12. The van der Waals surface area contributed by atoms with Crippen LogP contribution in [-0.4, -0.2) is 98.4 Å². The molecule has 1 unspecified atom stereocenters. The number of benzene rings is 1. The van der Waals surface area contributed by atoms with Crippen LogP contribution in [0.5, 0.6) is 5.75 Å². The summed E-state index contributed by atoms with van der Waals surface area (Å²) in [6.45, 7) is 6.85. The van der Waals surface area contributed by atoms with Gasteiger partial charge in [0.15, 0.2) is 24.8 Å².